The van der Waals surface area contributed by atoms with E-state index in [-0.39, 0.29) is 16.8 Å². The van der Waals surface area contributed by atoms with E-state index in [4.69, 9.17) is 9.47 Å². The van der Waals surface area contributed by atoms with E-state index in [0.717, 1.165) is 10.0 Å². The van der Waals surface area contributed by atoms with Crippen LogP contribution >= 0.6 is 15.9 Å². The summed E-state index contributed by atoms with van der Waals surface area (Å²) in [4.78, 5) is 40.3. The van der Waals surface area contributed by atoms with Gasteiger partial charge in [0.15, 0.2) is 12.4 Å². The van der Waals surface area contributed by atoms with E-state index < -0.39 is 23.3 Å². The van der Waals surface area contributed by atoms with Crippen molar-refractivity contribution in [2.45, 2.75) is 0 Å². The molecule has 0 fully saturated rings. The number of nitro groups is 1. The van der Waals surface area contributed by atoms with Crippen molar-refractivity contribution < 1.29 is 24.0 Å². The lowest BCUT2D eigenvalue weighted by molar-refractivity contribution is -0.384. The molecule has 0 bridgehead atoms. The molecule has 0 saturated heterocycles. The van der Waals surface area contributed by atoms with Crippen LogP contribution in [0.4, 0.5) is 5.69 Å². The van der Waals surface area contributed by atoms with Crippen LogP contribution in [0, 0.1) is 10.1 Å². The number of fused-ring (bicyclic) bond motifs is 1. The maximum Gasteiger partial charge on any atom is 0.339 e. The number of rotatable bonds is 7. The minimum Gasteiger partial charge on any atom is -0.497 e. The highest BCUT2D eigenvalue weighted by Gasteiger charge is 2.18. The monoisotopic (exact) mass is 520 g/mol. The average Bonchev–Trinajstić information content (AvgIpc) is 2.86. The summed E-state index contributed by atoms with van der Waals surface area (Å²) < 4.78 is 11.3. The molecule has 0 atom stereocenters. The largest absolute Gasteiger partial charge is 0.497 e. The van der Waals surface area contributed by atoms with Crippen LogP contribution < -0.4 is 4.74 Å². The van der Waals surface area contributed by atoms with E-state index in [0.29, 0.717) is 22.3 Å². The molecule has 34 heavy (non-hydrogen) atoms. The molecule has 0 aliphatic carbocycles. The normalized spacial score (nSPS) is 10.6. The summed E-state index contributed by atoms with van der Waals surface area (Å²) in [5, 5.41) is 11.4. The molecule has 0 unspecified atom stereocenters. The molecule has 0 amide bonds. The van der Waals surface area contributed by atoms with Gasteiger partial charge < -0.3 is 9.47 Å². The summed E-state index contributed by atoms with van der Waals surface area (Å²) in [7, 11) is 1.58. The lowest BCUT2D eigenvalue weighted by Gasteiger charge is -2.11. The molecular formula is C25H17BrN2O6. The summed E-state index contributed by atoms with van der Waals surface area (Å²) in [6.45, 7) is -0.508. The molecule has 1 heterocycles. The fourth-order valence-electron chi connectivity index (χ4n) is 3.34. The number of non-ortho nitro benzene ring substituents is 1. The summed E-state index contributed by atoms with van der Waals surface area (Å²) in [6, 6.07) is 19.3. The third-order valence-electron chi connectivity index (χ3n) is 5.11. The zero-order valence-electron chi connectivity index (χ0n) is 17.9. The van der Waals surface area contributed by atoms with Gasteiger partial charge in [-0.2, -0.15) is 0 Å². The number of ether oxygens (including phenoxy) is 2. The van der Waals surface area contributed by atoms with Crippen molar-refractivity contribution in [3.63, 3.8) is 0 Å². The van der Waals surface area contributed by atoms with Crippen molar-refractivity contribution in [1.29, 1.82) is 0 Å². The van der Waals surface area contributed by atoms with Gasteiger partial charge in [0.2, 0.25) is 0 Å². The Bertz CT molecular complexity index is 1400. The van der Waals surface area contributed by atoms with Gasteiger partial charge in [-0.1, -0.05) is 15.9 Å². The topological polar surface area (TPSA) is 109 Å². The number of aromatic nitrogens is 1. The van der Waals surface area contributed by atoms with Gasteiger partial charge >= 0.3 is 5.97 Å². The van der Waals surface area contributed by atoms with Crippen molar-refractivity contribution in [3.05, 3.63) is 98.5 Å². The zero-order valence-corrected chi connectivity index (χ0v) is 19.4. The SMILES string of the molecule is COc1ccc(-c2cc(C(=O)OCC(=O)c3ccc([N+](=O)[O-])cc3)c3cc(Br)ccc3n2)cc1. The van der Waals surface area contributed by atoms with Crippen molar-refractivity contribution in [2.75, 3.05) is 13.7 Å². The molecular weight excluding hydrogens is 504 g/mol. The number of pyridine rings is 1. The van der Waals surface area contributed by atoms with Crippen molar-refractivity contribution in [3.8, 4) is 17.0 Å². The standard InChI is InChI=1S/C25H17BrN2O6/c1-33-19-9-4-15(5-10-19)23-13-21(20-12-17(26)6-11-22(20)27-23)25(30)34-14-24(29)16-2-7-18(8-3-16)28(31)32/h2-13H,14H2,1H3. The van der Waals surface area contributed by atoms with Crippen molar-refractivity contribution in [2.24, 2.45) is 0 Å². The Morgan fingerprint density at radius 1 is 1.00 bits per heavy atom. The first-order chi connectivity index (χ1) is 16.4. The second-order valence-corrected chi connectivity index (χ2v) is 8.16. The predicted molar refractivity (Wildman–Crippen MR) is 129 cm³/mol. The Morgan fingerprint density at radius 3 is 2.35 bits per heavy atom. The Kier molecular flexibility index (Phi) is 6.65. The summed E-state index contributed by atoms with van der Waals surface area (Å²) >= 11 is 3.41. The molecule has 170 valence electrons. The number of halogens is 1. The molecule has 4 aromatic rings. The van der Waals surface area contributed by atoms with E-state index >= 15 is 0 Å². The van der Waals surface area contributed by atoms with Gasteiger partial charge in [0.05, 0.1) is 28.8 Å². The number of carbonyl (C=O) groups excluding carboxylic acids is 2. The number of hydrogen-bond acceptors (Lipinski definition) is 7. The van der Waals surface area contributed by atoms with E-state index in [9.17, 15) is 19.7 Å². The number of esters is 1. The van der Waals surface area contributed by atoms with Gasteiger partial charge in [0.1, 0.15) is 5.75 Å². The number of Topliss-reactive ketones (excluding diaryl/α,β-unsaturated/α-hetero) is 1. The number of carbonyl (C=O) groups is 2. The quantitative estimate of drug-likeness (QED) is 0.134. The highest BCUT2D eigenvalue weighted by Crippen LogP contribution is 2.29. The smallest absolute Gasteiger partial charge is 0.339 e. The van der Waals surface area contributed by atoms with Gasteiger partial charge in [-0.25, -0.2) is 9.78 Å². The lowest BCUT2D eigenvalue weighted by atomic mass is 10.0. The first-order valence-corrected chi connectivity index (χ1v) is 10.8. The van der Waals surface area contributed by atoms with Crippen LogP contribution in [0.5, 0.6) is 5.75 Å². The summed E-state index contributed by atoms with van der Waals surface area (Å²) in [5.41, 5.74) is 2.26. The molecule has 0 aliphatic rings. The third-order valence-corrected chi connectivity index (χ3v) is 5.60. The molecule has 9 heteroatoms. The second kappa shape index (κ2) is 9.80. The predicted octanol–water partition coefficient (Wildman–Crippen LogP) is 5.62. The number of benzene rings is 3. The molecule has 0 aliphatic heterocycles. The first kappa shape index (κ1) is 23.1. The fourth-order valence-corrected chi connectivity index (χ4v) is 3.70. The van der Waals surface area contributed by atoms with Crippen LogP contribution in [0.25, 0.3) is 22.2 Å². The molecule has 0 N–H and O–H groups in total. The minimum absolute atomic E-state index is 0.131. The third kappa shape index (κ3) is 4.94. The number of ketones is 1. The number of nitrogens with zero attached hydrogens (tertiary/aromatic N) is 2. The highest BCUT2D eigenvalue weighted by molar-refractivity contribution is 9.10. The van der Waals surface area contributed by atoms with Gasteiger partial charge in [0.25, 0.3) is 5.69 Å². The maximum absolute atomic E-state index is 13.0. The van der Waals surface area contributed by atoms with Crippen LogP contribution in [0.15, 0.2) is 77.3 Å². The maximum atomic E-state index is 13.0. The molecule has 1 aromatic heterocycles. The Morgan fingerprint density at radius 2 is 1.71 bits per heavy atom. The van der Waals surface area contributed by atoms with Crippen LogP contribution in [0.1, 0.15) is 20.7 Å². The van der Waals surface area contributed by atoms with E-state index in [1.807, 2.05) is 18.2 Å². The van der Waals surface area contributed by atoms with Gasteiger partial charge in [-0.15, -0.1) is 0 Å². The molecule has 0 radical (unpaired) electrons. The molecule has 0 spiro atoms. The Labute approximate surface area is 202 Å². The Balaban J connectivity index is 1.62. The lowest BCUT2D eigenvalue weighted by Crippen LogP contribution is -2.15. The van der Waals surface area contributed by atoms with Gasteiger partial charge in [-0.05, 0) is 60.7 Å². The molecule has 4 rings (SSSR count). The molecule has 3 aromatic carbocycles. The van der Waals surface area contributed by atoms with Gasteiger partial charge in [0, 0.05) is 33.1 Å². The minimum atomic E-state index is -0.685. The van der Waals surface area contributed by atoms with Gasteiger partial charge in [-0.3, -0.25) is 14.9 Å². The van der Waals surface area contributed by atoms with Crippen LogP contribution in [-0.2, 0) is 4.74 Å². The van der Waals surface area contributed by atoms with E-state index in [1.165, 1.54) is 24.3 Å². The molecule has 8 nitrogen and oxygen atoms in total. The fraction of sp³-hybridized carbons (Fsp3) is 0.0800. The average molecular weight is 521 g/mol. The zero-order chi connectivity index (χ0) is 24.2. The van der Waals surface area contributed by atoms with Crippen LogP contribution in [0.2, 0.25) is 0 Å². The van der Waals surface area contributed by atoms with E-state index in [1.54, 1.807) is 37.4 Å². The first-order valence-electron chi connectivity index (χ1n) is 10.1. The highest BCUT2D eigenvalue weighted by atomic mass is 79.9. The number of nitro benzene ring substituents is 1. The molecule has 0 saturated carbocycles. The van der Waals surface area contributed by atoms with Crippen LogP contribution in [-0.4, -0.2) is 35.4 Å². The number of methoxy groups -OCH3 is 1. The van der Waals surface area contributed by atoms with Crippen molar-refractivity contribution >= 4 is 44.3 Å². The summed E-state index contributed by atoms with van der Waals surface area (Å²) in [5.74, 6) is -0.466. The Hall–Kier alpha value is -4.11. The second-order valence-electron chi connectivity index (χ2n) is 7.25. The summed E-state index contributed by atoms with van der Waals surface area (Å²) in [6.07, 6.45) is 0. The van der Waals surface area contributed by atoms with E-state index in [2.05, 4.69) is 20.9 Å². The van der Waals surface area contributed by atoms with Crippen LogP contribution in [0.3, 0.4) is 0 Å². The number of hydrogen-bond donors (Lipinski definition) is 0. The van der Waals surface area contributed by atoms with Crippen molar-refractivity contribution in [1.82, 2.24) is 4.98 Å².